The lowest BCUT2D eigenvalue weighted by molar-refractivity contribution is -0.140. The molecule has 1 N–H and O–H groups in total. The zero-order chi connectivity index (χ0) is 26.5. The van der Waals surface area contributed by atoms with E-state index in [9.17, 15) is 14.7 Å². The van der Waals surface area contributed by atoms with E-state index >= 15 is 0 Å². The Morgan fingerprint density at radius 2 is 1.59 bits per heavy atom. The fraction of sp³-hybridized carbons (Fsp3) is 0.214. The SMILES string of the molecule is COc1ccc(OCCN2C(=O)C(=O)/C(=C(\O)c3ccc(Cl)c(OC)c3)C2c2cccc(OC)c2)cc1. The van der Waals surface area contributed by atoms with Crippen LogP contribution in [-0.4, -0.2) is 56.2 Å². The van der Waals surface area contributed by atoms with Gasteiger partial charge < -0.3 is 29.0 Å². The molecule has 0 aliphatic carbocycles. The number of ketones is 1. The molecule has 3 aromatic carbocycles. The number of nitrogens with zero attached hydrogens (tertiary/aromatic N) is 1. The normalized spacial score (nSPS) is 16.5. The molecule has 0 aromatic heterocycles. The summed E-state index contributed by atoms with van der Waals surface area (Å²) in [7, 11) is 4.55. The van der Waals surface area contributed by atoms with Gasteiger partial charge in [-0.1, -0.05) is 23.7 Å². The van der Waals surface area contributed by atoms with Crippen molar-refractivity contribution in [3.05, 3.63) is 88.5 Å². The largest absolute Gasteiger partial charge is 0.507 e. The van der Waals surface area contributed by atoms with Crippen molar-refractivity contribution in [2.24, 2.45) is 0 Å². The van der Waals surface area contributed by atoms with Gasteiger partial charge in [-0.3, -0.25) is 9.59 Å². The third-order valence-electron chi connectivity index (χ3n) is 6.03. The van der Waals surface area contributed by atoms with Crippen molar-refractivity contribution in [2.75, 3.05) is 34.5 Å². The molecule has 1 amide bonds. The molecule has 3 aromatic rings. The Balaban J connectivity index is 1.71. The highest BCUT2D eigenvalue weighted by molar-refractivity contribution is 6.46. The molecule has 1 aliphatic rings. The smallest absolute Gasteiger partial charge is 0.295 e. The number of Topliss-reactive ketones (excluding diaryl/α,β-unsaturated/α-hetero) is 1. The number of likely N-dealkylation sites (tertiary alicyclic amines) is 1. The van der Waals surface area contributed by atoms with E-state index in [4.69, 9.17) is 30.5 Å². The number of aliphatic hydroxyl groups is 1. The average Bonchev–Trinajstić information content (AvgIpc) is 3.18. The highest BCUT2D eigenvalue weighted by atomic mass is 35.5. The summed E-state index contributed by atoms with van der Waals surface area (Å²) in [6.07, 6.45) is 0. The number of amides is 1. The predicted octanol–water partition coefficient (Wildman–Crippen LogP) is 4.87. The zero-order valence-corrected chi connectivity index (χ0v) is 21.3. The van der Waals surface area contributed by atoms with Crippen molar-refractivity contribution in [1.82, 2.24) is 4.90 Å². The van der Waals surface area contributed by atoms with E-state index in [0.717, 1.165) is 0 Å². The van der Waals surface area contributed by atoms with Gasteiger partial charge >= 0.3 is 0 Å². The van der Waals surface area contributed by atoms with Crippen LogP contribution in [0.15, 0.2) is 72.3 Å². The number of hydrogen-bond acceptors (Lipinski definition) is 7. The topological polar surface area (TPSA) is 94.5 Å². The number of halogens is 1. The molecule has 1 fully saturated rings. The third kappa shape index (κ3) is 5.34. The highest BCUT2D eigenvalue weighted by Crippen LogP contribution is 2.41. The molecule has 9 heteroatoms. The van der Waals surface area contributed by atoms with Crippen LogP contribution in [0.25, 0.3) is 5.76 Å². The van der Waals surface area contributed by atoms with Crippen LogP contribution in [-0.2, 0) is 9.59 Å². The molecule has 0 bridgehead atoms. The maximum Gasteiger partial charge on any atom is 0.295 e. The van der Waals surface area contributed by atoms with Gasteiger partial charge in [0.05, 0.1) is 44.5 Å². The summed E-state index contributed by atoms with van der Waals surface area (Å²) in [4.78, 5) is 27.8. The van der Waals surface area contributed by atoms with Gasteiger partial charge in [0.1, 0.15) is 35.4 Å². The van der Waals surface area contributed by atoms with E-state index in [1.165, 1.54) is 25.2 Å². The van der Waals surface area contributed by atoms with E-state index < -0.39 is 17.7 Å². The minimum absolute atomic E-state index is 0.0490. The van der Waals surface area contributed by atoms with Crippen LogP contribution in [0.1, 0.15) is 17.2 Å². The summed E-state index contributed by atoms with van der Waals surface area (Å²) in [5, 5.41) is 11.6. The van der Waals surface area contributed by atoms with Crippen LogP contribution in [0.4, 0.5) is 0 Å². The number of ether oxygens (including phenoxy) is 4. The van der Waals surface area contributed by atoms with Crippen LogP contribution in [0, 0.1) is 0 Å². The van der Waals surface area contributed by atoms with Gasteiger partial charge in [-0.2, -0.15) is 0 Å². The van der Waals surface area contributed by atoms with Crippen LogP contribution >= 0.6 is 11.6 Å². The number of hydrogen-bond donors (Lipinski definition) is 1. The van der Waals surface area contributed by atoms with Gasteiger partial charge in [0.15, 0.2) is 0 Å². The standard InChI is InChI=1S/C28H26ClNO7/c1-34-19-8-10-20(11-9-19)37-14-13-30-25(17-5-4-6-21(15-17)35-2)24(27(32)28(30)33)26(31)18-7-12-22(29)23(16-18)36-3/h4-12,15-16,25,31H,13-14H2,1-3H3/b26-24-. The minimum atomic E-state index is -0.865. The Bertz CT molecular complexity index is 1340. The van der Waals surface area contributed by atoms with E-state index in [2.05, 4.69) is 0 Å². The lowest BCUT2D eigenvalue weighted by atomic mass is 9.95. The average molecular weight is 524 g/mol. The van der Waals surface area contributed by atoms with Gasteiger partial charge in [-0.05, 0) is 60.2 Å². The second-order valence-corrected chi connectivity index (χ2v) is 8.55. The summed E-state index contributed by atoms with van der Waals surface area (Å²) < 4.78 is 21.6. The summed E-state index contributed by atoms with van der Waals surface area (Å²) in [6.45, 7) is 0.216. The molecular formula is C28H26ClNO7. The Morgan fingerprint density at radius 3 is 2.27 bits per heavy atom. The molecule has 1 heterocycles. The van der Waals surface area contributed by atoms with Crippen molar-refractivity contribution in [3.63, 3.8) is 0 Å². The molecule has 1 saturated heterocycles. The fourth-order valence-electron chi connectivity index (χ4n) is 4.17. The first-order valence-corrected chi connectivity index (χ1v) is 11.8. The van der Waals surface area contributed by atoms with E-state index in [0.29, 0.717) is 39.1 Å². The fourth-order valence-corrected chi connectivity index (χ4v) is 4.36. The van der Waals surface area contributed by atoms with Crippen LogP contribution < -0.4 is 18.9 Å². The highest BCUT2D eigenvalue weighted by Gasteiger charge is 2.46. The lowest BCUT2D eigenvalue weighted by Crippen LogP contribution is -2.33. The molecule has 192 valence electrons. The number of aliphatic hydroxyl groups excluding tert-OH is 1. The van der Waals surface area contributed by atoms with E-state index in [1.54, 1.807) is 67.8 Å². The predicted molar refractivity (Wildman–Crippen MR) is 138 cm³/mol. The van der Waals surface area contributed by atoms with Crippen LogP contribution in [0.3, 0.4) is 0 Å². The molecule has 1 aliphatic heterocycles. The molecule has 4 rings (SSSR count). The Labute approximate surface area is 219 Å². The van der Waals surface area contributed by atoms with Gasteiger partial charge in [0.25, 0.3) is 11.7 Å². The number of benzene rings is 3. The monoisotopic (exact) mass is 523 g/mol. The molecule has 1 unspecified atom stereocenters. The van der Waals surface area contributed by atoms with E-state index in [-0.39, 0.29) is 24.5 Å². The summed E-state index contributed by atoms with van der Waals surface area (Å²) in [5.74, 6) is 0.270. The van der Waals surface area contributed by atoms with Gasteiger partial charge in [-0.25, -0.2) is 0 Å². The summed E-state index contributed by atoms with van der Waals surface area (Å²) in [5.41, 5.74) is 0.846. The van der Waals surface area contributed by atoms with Crippen LogP contribution in [0.2, 0.25) is 5.02 Å². The van der Waals surface area contributed by atoms with E-state index in [1.807, 2.05) is 0 Å². The number of carbonyl (C=O) groups is 2. The van der Waals surface area contributed by atoms with Crippen molar-refractivity contribution < 1.29 is 33.6 Å². The Kier molecular flexibility index (Phi) is 7.89. The number of rotatable bonds is 9. The van der Waals surface area contributed by atoms with Gasteiger partial charge in [-0.15, -0.1) is 0 Å². The second-order valence-electron chi connectivity index (χ2n) is 8.14. The molecule has 8 nitrogen and oxygen atoms in total. The van der Waals surface area contributed by atoms with Crippen molar-refractivity contribution in [3.8, 4) is 23.0 Å². The Morgan fingerprint density at radius 1 is 0.892 bits per heavy atom. The first-order valence-electron chi connectivity index (χ1n) is 11.4. The molecule has 0 spiro atoms. The lowest BCUT2D eigenvalue weighted by Gasteiger charge is -2.25. The number of methoxy groups -OCH3 is 3. The maximum absolute atomic E-state index is 13.2. The molecule has 37 heavy (non-hydrogen) atoms. The molecule has 0 radical (unpaired) electrons. The Hall–Kier alpha value is -4.17. The van der Waals surface area contributed by atoms with Crippen molar-refractivity contribution in [1.29, 1.82) is 0 Å². The first kappa shape index (κ1) is 25.9. The third-order valence-corrected chi connectivity index (χ3v) is 6.35. The number of carbonyl (C=O) groups excluding carboxylic acids is 2. The second kappa shape index (κ2) is 11.3. The maximum atomic E-state index is 13.2. The van der Waals surface area contributed by atoms with Gasteiger partial charge in [0, 0.05) is 5.56 Å². The minimum Gasteiger partial charge on any atom is -0.507 e. The molecular weight excluding hydrogens is 498 g/mol. The summed E-state index contributed by atoms with van der Waals surface area (Å²) >= 11 is 6.13. The zero-order valence-electron chi connectivity index (χ0n) is 20.6. The quantitative estimate of drug-likeness (QED) is 0.243. The van der Waals surface area contributed by atoms with Crippen molar-refractivity contribution in [2.45, 2.75) is 6.04 Å². The summed E-state index contributed by atoms with van der Waals surface area (Å²) in [6, 6.07) is 17.8. The van der Waals surface area contributed by atoms with Crippen LogP contribution in [0.5, 0.6) is 23.0 Å². The van der Waals surface area contributed by atoms with Gasteiger partial charge in [0.2, 0.25) is 0 Å². The molecule has 0 saturated carbocycles. The first-order chi connectivity index (χ1) is 17.9. The van der Waals surface area contributed by atoms with Crippen molar-refractivity contribution >= 4 is 29.1 Å². The molecule has 1 atom stereocenters.